The van der Waals surface area contributed by atoms with Gasteiger partial charge in [0.1, 0.15) is 0 Å². The maximum atomic E-state index is 10.3. The van der Waals surface area contributed by atoms with Gasteiger partial charge in [-0.1, -0.05) is 0 Å². The van der Waals surface area contributed by atoms with E-state index >= 15 is 0 Å². The maximum absolute atomic E-state index is 10.3. The first-order valence-corrected chi connectivity index (χ1v) is 3.17. The molecule has 0 saturated heterocycles. The third kappa shape index (κ3) is 2.85. The molecule has 0 bridgehead atoms. The Labute approximate surface area is 57.0 Å². The van der Waals surface area contributed by atoms with Crippen molar-refractivity contribution >= 4 is 26.5 Å². The molecule has 42 valence electrons. The molecule has 0 aliphatic heterocycles. The average Bonchev–Trinajstić information content (AvgIpc) is 1.65. The van der Waals surface area contributed by atoms with Crippen LogP contribution in [0.2, 0.25) is 0 Å². The molecule has 3 heteroatoms. The summed E-state index contributed by atoms with van der Waals surface area (Å²) in [6.45, 7) is 2.73. The minimum Gasteiger partial charge on any atom is -0.337 e. The molecule has 0 aromatic heterocycles. The minimum absolute atomic E-state index is 0.0973. The van der Waals surface area contributed by atoms with Gasteiger partial charge in [0.25, 0.3) is 3.91 Å². The lowest BCUT2D eigenvalue weighted by Crippen LogP contribution is -2.18. The molecule has 0 radical (unpaired) electrons. The van der Waals surface area contributed by atoms with E-state index in [0.29, 0.717) is 0 Å². The Hall–Kier alpha value is 0.200. The Kier molecular flexibility index (Phi) is 3.33. The zero-order valence-corrected chi connectivity index (χ0v) is 6.60. The summed E-state index contributed by atoms with van der Waals surface area (Å²) >= 11 is 1.76. The summed E-state index contributed by atoms with van der Waals surface area (Å²) < 4.78 is 0.0973. The molecule has 0 aliphatic carbocycles. The van der Waals surface area contributed by atoms with Gasteiger partial charge in [-0.25, -0.2) is 0 Å². The highest BCUT2D eigenvalue weighted by Crippen LogP contribution is 1.92. The normalized spacial score (nSPS) is 8.43. The highest BCUT2D eigenvalue weighted by Gasteiger charge is 1.96. The van der Waals surface area contributed by atoms with E-state index in [1.165, 1.54) is 0 Å². The van der Waals surface area contributed by atoms with Crippen LogP contribution in [0.15, 0.2) is 0 Å². The number of hydrogen-bond donors (Lipinski definition) is 0. The fourth-order valence-corrected chi connectivity index (χ4v) is 0.465. The molecule has 0 saturated carbocycles. The Morgan fingerprint density at radius 1 is 1.86 bits per heavy atom. The van der Waals surface area contributed by atoms with Crippen molar-refractivity contribution in [3.8, 4) is 0 Å². The van der Waals surface area contributed by atoms with Crippen LogP contribution in [0.25, 0.3) is 0 Å². The standard InChI is InChI=1S/C4H8INO/c1-3-6(2)4(5)7/h3H2,1-2H3. The van der Waals surface area contributed by atoms with E-state index in [1.54, 1.807) is 34.5 Å². The second-order valence-corrected chi connectivity index (χ2v) is 2.19. The number of carbonyl (C=O) groups is 1. The number of carbonyl (C=O) groups excluding carboxylic acids is 1. The molecule has 0 atom stereocenters. The van der Waals surface area contributed by atoms with E-state index in [4.69, 9.17) is 0 Å². The van der Waals surface area contributed by atoms with Gasteiger partial charge in [-0.15, -0.1) is 0 Å². The molecule has 0 rings (SSSR count). The van der Waals surface area contributed by atoms with Crippen LogP contribution in [0.5, 0.6) is 0 Å². The molecule has 0 N–H and O–H groups in total. The predicted octanol–water partition coefficient (Wildman–Crippen LogP) is 1.49. The predicted molar refractivity (Wildman–Crippen MR) is 37.7 cm³/mol. The van der Waals surface area contributed by atoms with Gasteiger partial charge in [0, 0.05) is 36.2 Å². The van der Waals surface area contributed by atoms with Gasteiger partial charge in [0.15, 0.2) is 0 Å². The van der Waals surface area contributed by atoms with Crippen LogP contribution in [-0.2, 0) is 0 Å². The van der Waals surface area contributed by atoms with E-state index in [1.807, 2.05) is 6.92 Å². The Morgan fingerprint density at radius 2 is 2.29 bits per heavy atom. The summed E-state index contributed by atoms with van der Waals surface area (Å²) in [6, 6.07) is 0. The van der Waals surface area contributed by atoms with E-state index in [9.17, 15) is 4.79 Å². The van der Waals surface area contributed by atoms with Gasteiger partial charge in [0.2, 0.25) is 0 Å². The van der Waals surface area contributed by atoms with E-state index in [-0.39, 0.29) is 3.91 Å². The first-order valence-electron chi connectivity index (χ1n) is 2.09. The van der Waals surface area contributed by atoms with Crippen molar-refractivity contribution in [3.05, 3.63) is 0 Å². The van der Waals surface area contributed by atoms with Crippen LogP contribution in [0.1, 0.15) is 6.92 Å². The molecule has 0 aromatic carbocycles. The fourth-order valence-electron chi connectivity index (χ4n) is 0.124. The maximum Gasteiger partial charge on any atom is 0.282 e. The lowest BCUT2D eigenvalue weighted by atomic mass is 10.7. The van der Waals surface area contributed by atoms with Gasteiger partial charge in [0.05, 0.1) is 0 Å². The first kappa shape index (κ1) is 7.20. The summed E-state index contributed by atoms with van der Waals surface area (Å²) in [4.78, 5) is 11.9. The van der Waals surface area contributed by atoms with Crippen molar-refractivity contribution in [1.82, 2.24) is 4.90 Å². The van der Waals surface area contributed by atoms with Crippen molar-refractivity contribution in [2.24, 2.45) is 0 Å². The topological polar surface area (TPSA) is 20.3 Å². The van der Waals surface area contributed by atoms with E-state index < -0.39 is 0 Å². The lowest BCUT2D eigenvalue weighted by molar-refractivity contribution is 0.238. The van der Waals surface area contributed by atoms with Crippen LogP contribution < -0.4 is 0 Å². The van der Waals surface area contributed by atoms with Crippen LogP contribution in [-0.4, -0.2) is 22.4 Å². The van der Waals surface area contributed by atoms with Gasteiger partial charge < -0.3 is 4.90 Å². The lowest BCUT2D eigenvalue weighted by Gasteiger charge is -2.07. The van der Waals surface area contributed by atoms with Crippen molar-refractivity contribution < 1.29 is 4.79 Å². The molecule has 0 aliphatic rings. The number of amides is 1. The molecule has 7 heavy (non-hydrogen) atoms. The molecule has 0 fully saturated rings. The number of rotatable bonds is 1. The van der Waals surface area contributed by atoms with Crippen molar-refractivity contribution in [2.45, 2.75) is 6.92 Å². The third-order valence-corrected chi connectivity index (χ3v) is 1.60. The molecular weight excluding hydrogens is 205 g/mol. The highest BCUT2D eigenvalue weighted by atomic mass is 127. The molecule has 1 amide bonds. The van der Waals surface area contributed by atoms with Gasteiger partial charge in [-0.3, -0.25) is 4.79 Å². The molecule has 0 aromatic rings. The van der Waals surface area contributed by atoms with Gasteiger partial charge in [-0.05, 0) is 6.92 Å². The first-order chi connectivity index (χ1) is 3.18. The Balaban J connectivity index is 3.34. The van der Waals surface area contributed by atoms with E-state index in [0.717, 1.165) is 6.54 Å². The van der Waals surface area contributed by atoms with Gasteiger partial charge in [-0.2, -0.15) is 0 Å². The Morgan fingerprint density at radius 3 is 2.29 bits per heavy atom. The smallest absolute Gasteiger partial charge is 0.282 e. The quantitative estimate of drug-likeness (QED) is 0.367. The van der Waals surface area contributed by atoms with Crippen LogP contribution in [0.4, 0.5) is 4.79 Å². The molecular formula is C4H8INO. The number of halogens is 1. The summed E-state index contributed by atoms with van der Waals surface area (Å²) in [5, 5.41) is 0. The van der Waals surface area contributed by atoms with Gasteiger partial charge >= 0.3 is 0 Å². The minimum atomic E-state index is 0.0973. The summed E-state index contributed by atoms with van der Waals surface area (Å²) in [5.41, 5.74) is 0. The summed E-state index contributed by atoms with van der Waals surface area (Å²) in [5.74, 6) is 0. The van der Waals surface area contributed by atoms with Crippen LogP contribution in [0, 0.1) is 0 Å². The monoisotopic (exact) mass is 213 g/mol. The van der Waals surface area contributed by atoms with E-state index in [2.05, 4.69) is 0 Å². The molecule has 0 spiro atoms. The van der Waals surface area contributed by atoms with Crippen LogP contribution >= 0.6 is 22.6 Å². The second-order valence-electron chi connectivity index (χ2n) is 1.27. The summed E-state index contributed by atoms with van der Waals surface area (Å²) in [7, 11) is 1.77. The second kappa shape index (κ2) is 3.23. The number of hydrogen-bond acceptors (Lipinski definition) is 1. The largest absolute Gasteiger partial charge is 0.337 e. The van der Waals surface area contributed by atoms with Crippen molar-refractivity contribution in [2.75, 3.05) is 13.6 Å². The SMILES string of the molecule is CCN(C)C(=O)I. The Bertz CT molecular complexity index is 74.1. The highest BCUT2D eigenvalue weighted by molar-refractivity contribution is 14.1. The number of nitrogens with zero attached hydrogens (tertiary/aromatic N) is 1. The molecule has 0 heterocycles. The zero-order chi connectivity index (χ0) is 5.86. The zero-order valence-electron chi connectivity index (χ0n) is 4.44. The molecule has 0 unspecified atom stereocenters. The van der Waals surface area contributed by atoms with Crippen molar-refractivity contribution in [3.63, 3.8) is 0 Å². The third-order valence-electron chi connectivity index (χ3n) is 0.774. The van der Waals surface area contributed by atoms with Crippen LogP contribution in [0.3, 0.4) is 0 Å². The van der Waals surface area contributed by atoms with Crippen molar-refractivity contribution in [1.29, 1.82) is 0 Å². The fraction of sp³-hybridized carbons (Fsp3) is 0.750. The molecule has 2 nitrogen and oxygen atoms in total. The average molecular weight is 213 g/mol. The summed E-state index contributed by atoms with van der Waals surface area (Å²) in [6.07, 6.45) is 0.